The van der Waals surface area contributed by atoms with Gasteiger partial charge in [0.05, 0.1) is 0 Å². The van der Waals surface area contributed by atoms with Crippen molar-refractivity contribution in [2.45, 2.75) is 41.0 Å². The SMILES string of the molecule is CC.CC/C=C/C=C(/C)c1ccc(F)cc1C. The second kappa shape index (κ2) is 8.74. The molecule has 0 nitrogen and oxygen atoms in total. The van der Waals surface area contributed by atoms with Gasteiger partial charge in [0.2, 0.25) is 0 Å². The second-order valence-corrected chi connectivity index (χ2v) is 3.65. The molecule has 0 N–H and O–H groups in total. The number of benzene rings is 1. The fourth-order valence-electron chi connectivity index (χ4n) is 1.51. The molecule has 0 unspecified atom stereocenters. The van der Waals surface area contributed by atoms with Gasteiger partial charge in [0.25, 0.3) is 0 Å². The van der Waals surface area contributed by atoms with E-state index in [0.29, 0.717) is 0 Å². The van der Waals surface area contributed by atoms with E-state index in [9.17, 15) is 4.39 Å². The summed E-state index contributed by atoms with van der Waals surface area (Å²) in [6.45, 7) is 10.1. The van der Waals surface area contributed by atoms with E-state index in [-0.39, 0.29) is 5.82 Å². The Labute approximate surface area is 105 Å². The van der Waals surface area contributed by atoms with Crippen molar-refractivity contribution in [2.24, 2.45) is 0 Å². The van der Waals surface area contributed by atoms with Gasteiger partial charge in [-0.1, -0.05) is 45.1 Å². The maximum absolute atomic E-state index is 12.9. The molecular weight excluding hydrogens is 211 g/mol. The van der Waals surface area contributed by atoms with E-state index < -0.39 is 0 Å². The molecule has 0 spiro atoms. The van der Waals surface area contributed by atoms with Crippen molar-refractivity contribution < 1.29 is 4.39 Å². The van der Waals surface area contributed by atoms with Gasteiger partial charge < -0.3 is 0 Å². The van der Waals surface area contributed by atoms with Crippen LogP contribution in [0.4, 0.5) is 4.39 Å². The molecule has 0 radical (unpaired) electrons. The Morgan fingerprint density at radius 3 is 2.47 bits per heavy atom. The minimum absolute atomic E-state index is 0.173. The number of aryl methyl sites for hydroxylation is 1. The lowest BCUT2D eigenvalue weighted by molar-refractivity contribution is 0.626. The van der Waals surface area contributed by atoms with Gasteiger partial charge in [-0.3, -0.25) is 0 Å². The van der Waals surface area contributed by atoms with E-state index in [4.69, 9.17) is 0 Å². The van der Waals surface area contributed by atoms with Crippen molar-refractivity contribution in [1.29, 1.82) is 0 Å². The van der Waals surface area contributed by atoms with Gasteiger partial charge >= 0.3 is 0 Å². The molecule has 0 amide bonds. The third-order valence-electron chi connectivity index (χ3n) is 2.33. The quantitative estimate of drug-likeness (QED) is 0.603. The van der Waals surface area contributed by atoms with Crippen molar-refractivity contribution in [3.8, 4) is 0 Å². The van der Waals surface area contributed by atoms with Gasteiger partial charge in [0.1, 0.15) is 5.82 Å². The van der Waals surface area contributed by atoms with Crippen molar-refractivity contribution in [3.63, 3.8) is 0 Å². The Morgan fingerprint density at radius 1 is 1.29 bits per heavy atom. The van der Waals surface area contributed by atoms with Gasteiger partial charge in [-0.25, -0.2) is 4.39 Å². The molecule has 0 aliphatic carbocycles. The maximum atomic E-state index is 12.9. The summed E-state index contributed by atoms with van der Waals surface area (Å²) in [4.78, 5) is 0. The predicted molar refractivity (Wildman–Crippen MR) is 75.6 cm³/mol. The van der Waals surface area contributed by atoms with E-state index in [0.717, 1.165) is 23.1 Å². The number of hydrogen-bond donors (Lipinski definition) is 0. The molecular formula is C16H23F. The third kappa shape index (κ3) is 5.48. The lowest BCUT2D eigenvalue weighted by Crippen LogP contribution is -1.86. The van der Waals surface area contributed by atoms with Crippen LogP contribution < -0.4 is 0 Å². The summed E-state index contributed by atoms with van der Waals surface area (Å²) < 4.78 is 12.9. The second-order valence-electron chi connectivity index (χ2n) is 3.65. The largest absolute Gasteiger partial charge is 0.207 e. The number of rotatable bonds is 3. The number of hydrogen-bond acceptors (Lipinski definition) is 0. The molecule has 0 saturated heterocycles. The monoisotopic (exact) mass is 234 g/mol. The van der Waals surface area contributed by atoms with E-state index >= 15 is 0 Å². The summed E-state index contributed by atoms with van der Waals surface area (Å²) in [6, 6.07) is 4.90. The van der Waals surface area contributed by atoms with E-state index in [2.05, 4.69) is 19.1 Å². The van der Waals surface area contributed by atoms with Crippen LogP contribution in [0.15, 0.2) is 36.4 Å². The van der Waals surface area contributed by atoms with Crippen LogP contribution in [-0.4, -0.2) is 0 Å². The van der Waals surface area contributed by atoms with Gasteiger partial charge in [-0.05, 0) is 49.1 Å². The van der Waals surface area contributed by atoms with Gasteiger partial charge in [0.15, 0.2) is 0 Å². The highest BCUT2D eigenvalue weighted by Gasteiger charge is 2.00. The Bertz CT molecular complexity index is 387. The topological polar surface area (TPSA) is 0 Å². The molecule has 0 aliphatic rings. The summed E-state index contributed by atoms with van der Waals surface area (Å²) in [6.07, 6.45) is 7.23. The van der Waals surface area contributed by atoms with Crippen LogP contribution in [0.1, 0.15) is 45.2 Å². The zero-order valence-electron chi connectivity index (χ0n) is 11.5. The molecule has 94 valence electrons. The molecule has 1 heteroatoms. The van der Waals surface area contributed by atoms with Crippen LogP contribution >= 0.6 is 0 Å². The fraction of sp³-hybridized carbons (Fsp3) is 0.375. The third-order valence-corrected chi connectivity index (χ3v) is 2.33. The molecule has 1 aromatic carbocycles. The Hall–Kier alpha value is -1.37. The van der Waals surface area contributed by atoms with E-state index in [1.807, 2.05) is 39.8 Å². The smallest absolute Gasteiger partial charge is 0.123 e. The first-order valence-electron chi connectivity index (χ1n) is 6.25. The Balaban J connectivity index is 0.00000121. The summed E-state index contributed by atoms with van der Waals surface area (Å²) in [5.41, 5.74) is 3.25. The summed E-state index contributed by atoms with van der Waals surface area (Å²) in [7, 11) is 0. The van der Waals surface area contributed by atoms with Crippen LogP contribution in [0.2, 0.25) is 0 Å². The van der Waals surface area contributed by atoms with Crippen molar-refractivity contribution in [3.05, 3.63) is 53.4 Å². The lowest BCUT2D eigenvalue weighted by atomic mass is 10.0. The molecule has 0 aromatic heterocycles. The van der Waals surface area contributed by atoms with Crippen molar-refractivity contribution in [2.75, 3.05) is 0 Å². The summed E-state index contributed by atoms with van der Waals surface area (Å²) >= 11 is 0. The maximum Gasteiger partial charge on any atom is 0.123 e. The molecule has 17 heavy (non-hydrogen) atoms. The van der Waals surface area contributed by atoms with E-state index in [1.54, 1.807) is 6.07 Å². The van der Waals surface area contributed by atoms with E-state index in [1.165, 1.54) is 6.07 Å². The normalized spacial score (nSPS) is 11.3. The zero-order valence-corrected chi connectivity index (χ0v) is 11.5. The Morgan fingerprint density at radius 2 is 1.94 bits per heavy atom. The highest BCUT2D eigenvalue weighted by molar-refractivity contribution is 5.67. The van der Waals surface area contributed by atoms with Crippen molar-refractivity contribution in [1.82, 2.24) is 0 Å². The molecule has 1 aromatic rings. The molecule has 1 rings (SSSR count). The van der Waals surface area contributed by atoms with Gasteiger partial charge in [-0.2, -0.15) is 0 Å². The lowest BCUT2D eigenvalue weighted by Gasteiger charge is -2.05. The predicted octanol–water partition coefficient (Wildman–Crippen LogP) is 5.53. The minimum atomic E-state index is -0.173. The minimum Gasteiger partial charge on any atom is -0.207 e. The van der Waals surface area contributed by atoms with Crippen LogP contribution in [0.3, 0.4) is 0 Å². The average molecular weight is 234 g/mol. The number of allylic oxidation sites excluding steroid dienone is 4. The van der Waals surface area contributed by atoms with Gasteiger partial charge in [0, 0.05) is 0 Å². The zero-order chi connectivity index (χ0) is 13.3. The standard InChI is InChI=1S/C14H17F.C2H6/c1-4-5-6-7-11(2)14-9-8-13(15)10-12(14)3;1-2/h5-10H,4H2,1-3H3;1-2H3/b6-5+,11-7-;. The first-order chi connectivity index (χ1) is 8.15. The fourth-order valence-corrected chi connectivity index (χ4v) is 1.51. The number of halogens is 1. The Kier molecular flexibility index (Phi) is 8.04. The first-order valence-corrected chi connectivity index (χ1v) is 6.25. The molecule has 0 bridgehead atoms. The van der Waals surface area contributed by atoms with Gasteiger partial charge in [-0.15, -0.1) is 0 Å². The van der Waals surface area contributed by atoms with Crippen LogP contribution in [0.5, 0.6) is 0 Å². The molecule has 0 heterocycles. The first kappa shape index (κ1) is 15.6. The molecule has 0 aliphatic heterocycles. The highest BCUT2D eigenvalue weighted by Crippen LogP contribution is 2.19. The average Bonchev–Trinajstić information content (AvgIpc) is 2.31. The van der Waals surface area contributed by atoms with Crippen LogP contribution in [0, 0.1) is 12.7 Å². The molecule has 0 fully saturated rings. The van der Waals surface area contributed by atoms with Crippen LogP contribution in [0.25, 0.3) is 5.57 Å². The highest BCUT2D eigenvalue weighted by atomic mass is 19.1. The molecule has 0 saturated carbocycles. The van der Waals surface area contributed by atoms with Crippen LogP contribution in [-0.2, 0) is 0 Å². The molecule has 0 atom stereocenters. The summed E-state index contributed by atoms with van der Waals surface area (Å²) in [5.74, 6) is -0.173. The summed E-state index contributed by atoms with van der Waals surface area (Å²) in [5, 5.41) is 0. The van der Waals surface area contributed by atoms with Crippen molar-refractivity contribution >= 4 is 5.57 Å².